The Labute approximate surface area is 191 Å². The van der Waals surface area contributed by atoms with Gasteiger partial charge in [0.2, 0.25) is 5.91 Å². The summed E-state index contributed by atoms with van der Waals surface area (Å²) in [4.78, 5) is 38.3. The van der Waals surface area contributed by atoms with Crippen molar-refractivity contribution in [3.05, 3.63) is 54.1 Å². The first kappa shape index (κ1) is 24.3. The first-order valence-corrected chi connectivity index (χ1v) is 10.7. The molecule has 0 aromatic heterocycles. The zero-order valence-corrected chi connectivity index (χ0v) is 18.4. The van der Waals surface area contributed by atoms with Crippen LogP contribution in [0.2, 0.25) is 0 Å². The maximum absolute atomic E-state index is 12.4. The van der Waals surface area contributed by atoms with Crippen LogP contribution in [0.3, 0.4) is 0 Å². The second-order valence-corrected chi connectivity index (χ2v) is 7.90. The van der Waals surface area contributed by atoms with Gasteiger partial charge in [0, 0.05) is 37.4 Å². The third kappa shape index (κ3) is 6.83. The summed E-state index contributed by atoms with van der Waals surface area (Å²) in [7, 11) is 0. The Hall–Kier alpha value is -3.31. The number of benzene rings is 2. The first-order chi connectivity index (χ1) is 15.9. The summed E-state index contributed by atoms with van der Waals surface area (Å²) >= 11 is 0. The summed E-state index contributed by atoms with van der Waals surface area (Å²) in [5, 5.41) is 27.0. The minimum Gasteiger partial charge on any atom is -0.391 e. The van der Waals surface area contributed by atoms with E-state index in [-0.39, 0.29) is 5.91 Å². The lowest BCUT2D eigenvalue weighted by molar-refractivity contribution is -0.133. The van der Waals surface area contributed by atoms with Crippen molar-refractivity contribution >= 4 is 23.4 Å². The van der Waals surface area contributed by atoms with Gasteiger partial charge in [-0.25, -0.2) is 5.48 Å². The number of anilines is 1. The summed E-state index contributed by atoms with van der Waals surface area (Å²) in [6.45, 7) is 5.19. The number of carbonyl (C=O) groups is 3. The van der Waals surface area contributed by atoms with Crippen LogP contribution < -0.4 is 21.4 Å². The first-order valence-electron chi connectivity index (χ1n) is 10.7. The molecule has 0 unspecified atom stereocenters. The number of nitrogens with zero attached hydrogens (tertiary/aromatic N) is 1. The third-order valence-corrected chi connectivity index (χ3v) is 5.39. The van der Waals surface area contributed by atoms with Crippen LogP contribution in [0.5, 0.6) is 0 Å². The lowest BCUT2D eigenvalue weighted by Crippen LogP contribution is -2.51. The normalized spacial score (nSPS) is 15.8. The Morgan fingerprint density at radius 1 is 1.00 bits per heavy atom. The number of rotatable bonds is 8. The molecule has 33 heavy (non-hydrogen) atoms. The summed E-state index contributed by atoms with van der Waals surface area (Å²) < 4.78 is 0. The van der Waals surface area contributed by atoms with Crippen molar-refractivity contribution in [1.29, 1.82) is 0 Å². The van der Waals surface area contributed by atoms with E-state index in [1.54, 1.807) is 24.3 Å². The fourth-order valence-corrected chi connectivity index (χ4v) is 3.53. The van der Waals surface area contributed by atoms with E-state index in [1.807, 2.05) is 24.3 Å². The quantitative estimate of drug-likeness (QED) is 0.246. The molecule has 1 heterocycles. The molecule has 176 valence electrons. The fourth-order valence-electron chi connectivity index (χ4n) is 3.53. The number of carbonyl (C=O) groups excluding carboxylic acids is 3. The molecule has 2 aromatic rings. The van der Waals surface area contributed by atoms with E-state index in [0.717, 1.165) is 37.3 Å². The third-order valence-electron chi connectivity index (χ3n) is 5.39. The molecule has 1 aliphatic rings. The smallest absolute Gasteiger partial charge is 0.268 e. The number of nitrogens with one attached hydrogen (secondary N) is 4. The predicted molar refractivity (Wildman–Crippen MR) is 123 cm³/mol. The van der Waals surface area contributed by atoms with Gasteiger partial charge in [-0.3, -0.25) is 24.5 Å². The second-order valence-electron chi connectivity index (χ2n) is 7.90. The molecule has 0 radical (unpaired) electrons. The Kier molecular flexibility index (Phi) is 8.50. The van der Waals surface area contributed by atoms with E-state index in [4.69, 9.17) is 5.21 Å². The van der Waals surface area contributed by atoms with Gasteiger partial charge in [-0.2, -0.15) is 0 Å². The van der Waals surface area contributed by atoms with Crippen LogP contribution in [0.1, 0.15) is 17.3 Å². The zero-order valence-electron chi connectivity index (χ0n) is 18.4. The molecule has 6 N–H and O–H groups in total. The highest BCUT2D eigenvalue weighted by molar-refractivity contribution is 5.98. The molecule has 1 fully saturated rings. The Balaban J connectivity index is 1.58. The Morgan fingerprint density at radius 3 is 2.12 bits per heavy atom. The predicted octanol–water partition coefficient (Wildman–Crippen LogP) is 0.182. The van der Waals surface area contributed by atoms with Crippen molar-refractivity contribution in [2.24, 2.45) is 0 Å². The number of hydrogen-bond acceptors (Lipinski definition) is 7. The fraction of sp³-hybridized carbons (Fsp3) is 0.348. The summed E-state index contributed by atoms with van der Waals surface area (Å²) in [6.07, 6.45) is -1.18. The molecule has 3 amide bonds. The average Bonchev–Trinajstić information content (AvgIpc) is 2.83. The van der Waals surface area contributed by atoms with E-state index in [0.29, 0.717) is 17.8 Å². The van der Waals surface area contributed by atoms with Gasteiger partial charge >= 0.3 is 0 Å². The monoisotopic (exact) mass is 455 g/mol. The number of aliphatic hydroxyl groups is 1. The van der Waals surface area contributed by atoms with Gasteiger partial charge < -0.3 is 21.1 Å². The van der Waals surface area contributed by atoms with Crippen molar-refractivity contribution in [3.63, 3.8) is 0 Å². The number of hydroxylamine groups is 1. The van der Waals surface area contributed by atoms with Gasteiger partial charge in [-0.05, 0) is 42.3 Å². The van der Waals surface area contributed by atoms with Crippen LogP contribution in [0.4, 0.5) is 5.69 Å². The van der Waals surface area contributed by atoms with E-state index >= 15 is 0 Å². The molecular weight excluding hydrogens is 426 g/mol. The molecule has 0 bridgehead atoms. The Morgan fingerprint density at radius 2 is 1.58 bits per heavy atom. The van der Waals surface area contributed by atoms with Crippen molar-refractivity contribution < 1.29 is 24.7 Å². The van der Waals surface area contributed by atoms with Gasteiger partial charge in [0.1, 0.15) is 6.04 Å². The van der Waals surface area contributed by atoms with Gasteiger partial charge in [0.25, 0.3) is 11.8 Å². The second kappa shape index (κ2) is 11.5. The van der Waals surface area contributed by atoms with Crippen LogP contribution in [-0.4, -0.2) is 77.8 Å². The van der Waals surface area contributed by atoms with Crippen molar-refractivity contribution in [3.8, 4) is 11.1 Å². The maximum atomic E-state index is 12.4. The molecule has 0 aliphatic carbocycles. The molecule has 3 rings (SSSR count). The summed E-state index contributed by atoms with van der Waals surface area (Å²) in [6, 6.07) is 12.9. The number of piperazine rings is 1. The maximum Gasteiger partial charge on any atom is 0.268 e. The molecule has 0 saturated carbocycles. The summed E-state index contributed by atoms with van der Waals surface area (Å²) in [5.74, 6) is -1.51. The minimum absolute atomic E-state index is 0.0506. The molecule has 10 nitrogen and oxygen atoms in total. The van der Waals surface area contributed by atoms with Gasteiger partial charge in [0.05, 0.1) is 12.6 Å². The van der Waals surface area contributed by atoms with E-state index in [2.05, 4.69) is 20.9 Å². The van der Waals surface area contributed by atoms with Crippen LogP contribution in [-0.2, 0) is 9.59 Å². The van der Waals surface area contributed by atoms with E-state index < -0.39 is 24.0 Å². The van der Waals surface area contributed by atoms with Gasteiger partial charge in [-0.15, -0.1) is 0 Å². The van der Waals surface area contributed by atoms with Crippen LogP contribution in [0.15, 0.2) is 48.5 Å². The van der Waals surface area contributed by atoms with Gasteiger partial charge in [0.15, 0.2) is 0 Å². The highest BCUT2D eigenvalue weighted by Gasteiger charge is 2.25. The highest BCUT2D eigenvalue weighted by Crippen LogP contribution is 2.22. The van der Waals surface area contributed by atoms with E-state index in [9.17, 15) is 19.5 Å². The number of aliphatic hydroxyl groups excluding tert-OH is 1. The molecule has 0 spiro atoms. The Bertz CT molecular complexity index is 956. The van der Waals surface area contributed by atoms with Crippen molar-refractivity contribution in [2.75, 3.05) is 38.0 Å². The number of hydrogen-bond donors (Lipinski definition) is 6. The average molecular weight is 456 g/mol. The molecule has 2 aromatic carbocycles. The van der Waals surface area contributed by atoms with Crippen molar-refractivity contribution in [1.82, 2.24) is 21.0 Å². The van der Waals surface area contributed by atoms with Gasteiger partial charge in [-0.1, -0.05) is 24.3 Å². The molecule has 2 atom stereocenters. The standard InChI is InChI=1S/C23H29N5O5/c1-15(29)21(23(32)27-33)26-22(31)18-4-2-16(3-5-18)17-6-8-19(9-7-17)25-20(30)14-28-12-10-24-11-13-28/h2-9,15,21,24,29,33H,10-14H2,1H3,(H,25,30)(H,26,31)(H,27,32)/t15-,21+/m1/s1. The molecule has 10 heteroatoms. The molecule has 1 aliphatic heterocycles. The molecule has 1 saturated heterocycles. The van der Waals surface area contributed by atoms with Crippen LogP contribution in [0.25, 0.3) is 11.1 Å². The van der Waals surface area contributed by atoms with E-state index in [1.165, 1.54) is 12.4 Å². The zero-order chi connectivity index (χ0) is 23.8. The SMILES string of the molecule is C[C@@H](O)[C@H](NC(=O)c1ccc(-c2ccc(NC(=O)CN3CCNCC3)cc2)cc1)C(=O)NO. The number of amides is 3. The lowest BCUT2D eigenvalue weighted by atomic mass is 10.0. The topological polar surface area (TPSA) is 143 Å². The largest absolute Gasteiger partial charge is 0.391 e. The highest BCUT2D eigenvalue weighted by atomic mass is 16.5. The summed E-state index contributed by atoms with van der Waals surface area (Å²) in [5.41, 5.74) is 4.21. The van der Waals surface area contributed by atoms with Crippen LogP contribution in [0, 0.1) is 0 Å². The van der Waals surface area contributed by atoms with Crippen LogP contribution >= 0.6 is 0 Å². The van der Waals surface area contributed by atoms with Crippen molar-refractivity contribution in [2.45, 2.75) is 19.1 Å². The lowest BCUT2D eigenvalue weighted by Gasteiger charge is -2.26. The minimum atomic E-state index is -1.28. The molecular formula is C23H29N5O5.